The summed E-state index contributed by atoms with van der Waals surface area (Å²) < 4.78 is 16.8. The van der Waals surface area contributed by atoms with Gasteiger partial charge in [-0.3, -0.25) is 4.79 Å². The van der Waals surface area contributed by atoms with Crippen molar-refractivity contribution in [3.8, 4) is 11.5 Å². The minimum Gasteiger partial charge on any atom is -0.497 e. The van der Waals surface area contributed by atoms with Crippen molar-refractivity contribution in [2.75, 3.05) is 14.2 Å². The fourth-order valence-corrected chi connectivity index (χ4v) is 2.65. The number of hydrogen-bond acceptors (Lipinski definition) is 5. The molecule has 3 aromatic rings. The SMILES string of the molecule is COc1ccc(/C=N/NC(=O)c2cc3cc(Br)ccc3o2)c(OC)c1. The van der Waals surface area contributed by atoms with Crippen molar-refractivity contribution in [2.45, 2.75) is 0 Å². The first-order valence-corrected chi connectivity index (χ1v) is 8.14. The van der Waals surface area contributed by atoms with Crippen LogP contribution in [0.15, 0.2) is 56.5 Å². The smallest absolute Gasteiger partial charge is 0.307 e. The van der Waals surface area contributed by atoms with Gasteiger partial charge in [0, 0.05) is 21.5 Å². The molecule has 0 radical (unpaired) electrons. The molecule has 0 spiro atoms. The third-order valence-electron chi connectivity index (χ3n) is 3.51. The average Bonchev–Trinajstić information content (AvgIpc) is 3.05. The van der Waals surface area contributed by atoms with Crippen LogP contribution in [0, 0.1) is 0 Å². The minimum absolute atomic E-state index is 0.187. The van der Waals surface area contributed by atoms with Crippen LogP contribution in [-0.2, 0) is 0 Å². The van der Waals surface area contributed by atoms with Gasteiger partial charge in [0.2, 0.25) is 0 Å². The highest BCUT2D eigenvalue weighted by atomic mass is 79.9. The Balaban J connectivity index is 1.73. The van der Waals surface area contributed by atoms with E-state index >= 15 is 0 Å². The van der Waals surface area contributed by atoms with Crippen LogP contribution in [-0.4, -0.2) is 26.3 Å². The van der Waals surface area contributed by atoms with Crippen LogP contribution in [0.2, 0.25) is 0 Å². The molecule has 7 heteroatoms. The lowest BCUT2D eigenvalue weighted by molar-refractivity contribution is 0.0929. The second kappa shape index (κ2) is 7.40. The third-order valence-corrected chi connectivity index (χ3v) is 4.01. The molecule has 0 atom stereocenters. The first kappa shape index (κ1) is 17.0. The highest BCUT2D eigenvalue weighted by Gasteiger charge is 2.12. The molecule has 25 heavy (non-hydrogen) atoms. The second-order valence-electron chi connectivity index (χ2n) is 5.10. The number of benzene rings is 2. The highest BCUT2D eigenvalue weighted by molar-refractivity contribution is 9.10. The summed E-state index contributed by atoms with van der Waals surface area (Å²) in [5.74, 6) is 1.01. The molecule has 1 N–H and O–H groups in total. The van der Waals surface area contributed by atoms with Crippen LogP contribution < -0.4 is 14.9 Å². The van der Waals surface area contributed by atoms with Gasteiger partial charge in [-0.25, -0.2) is 5.43 Å². The molecular formula is C18H15BrN2O4. The maximum Gasteiger partial charge on any atom is 0.307 e. The number of nitrogens with zero attached hydrogens (tertiary/aromatic N) is 1. The largest absolute Gasteiger partial charge is 0.497 e. The van der Waals surface area contributed by atoms with Crippen LogP contribution >= 0.6 is 15.9 Å². The van der Waals surface area contributed by atoms with Gasteiger partial charge in [-0.2, -0.15) is 5.10 Å². The molecule has 6 nitrogen and oxygen atoms in total. The van der Waals surface area contributed by atoms with Crippen LogP contribution in [0.3, 0.4) is 0 Å². The first-order valence-electron chi connectivity index (χ1n) is 7.35. The normalized spacial score (nSPS) is 11.0. The number of nitrogens with one attached hydrogen (secondary N) is 1. The Morgan fingerprint density at radius 3 is 2.76 bits per heavy atom. The lowest BCUT2D eigenvalue weighted by Gasteiger charge is -2.06. The number of methoxy groups -OCH3 is 2. The number of amides is 1. The molecule has 0 aliphatic rings. The number of ether oxygens (including phenoxy) is 2. The summed E-state index contributed by atoms with van der Waals surface area (Å²) in [4.78, 5) is 12.2. The number of furan rings is 1. The predicted molar refractivity (Wildman–Crippen MR) is 98.5 cm³/mol. The monoisotopic (exact) mass is 402 g/mol. The second-order valence-corrected chi connectivity index (χ2v) is 6.02. The van der Waals surface area contributed by atoms with Gasteiger partial charge in [0.05, 0.1) is 20.4 Å². The molecule has 128 valence electrons. The van der Waals surface area contributed by atoms with Gasteiger partial charge in [-0.15, -0.1) is 0 Å². The Kier molecular flexibility index (Phi) is 5.04. The Morgan fingerprint density at radius 1 is 1.16 bits per heavy atom. The van der Waals surface area contributed by atoms with Crippen molar-refractivity contribution >= 4 is 39.0 Å². The van der Waals surface area contributed by atoms with Gasteiger partial charge in [-0.05, 0) is 36.4 Å². The van der Waals surface area contributed by atoms with E-state index in [2.05, 4.69) is 26.5 Å². The molecule has 0 saturated carbocycles. The fourth-order valence-electron chi connectivity index (χ4n) is 2.27. The minimum atomic E-state index is -0.434. The van der Waals surface area contributed by atoms with Crippen LogP contribution in [0.1, 0.15) is 16.1 Å². The van der Waals surface area contributed by atoms with Crippen LogP contribution in [0.5, 0.6) is 11.5 Å². The molecule has 0 aliphatic carbocycles. The standard InChI is InChI=1S/C18H15BrN2O4/c1-23-14-5-3-11(16(9-14)24-2)10-20-21-18(22)17-8-12-7-13(19)4-6-15(12)25-17/h3-10H,1-2H3,(H,21,22)/b20-10+. The summed E-state index contributed by atoms with van der Waals surface area (Å²) in [6.07, 6.45) is 1.50. The quantitative estimate of drug-likeness (QED) is 0.517. The summed E-state index contributed by atoms with van der Waals surface area (Å²) in [7, 11) is 3.13. The van der Waals surface area contributed by atoms with E-state index < -0.39 is 5.91 Å². The van der Waals surface area contributed by atoms with E-state index in [0.29, 0.717) is 22.6 Å². The molecule has 1 amide bonds. The number of fused-ring (bicyclic) bond motifs is 1. The molecule has 1 heterocycles. The Hall–Kier alpha value is -2.80. The van der Waals surface area contributed by atoms with Gasteiger partial charge in [0.15, 0.2) is 5.76 Å². The van der Waals surface area contributed by atoms with Gasteiger partial charge in [0.1, 0.15) is 17.1 Å². The van der Waals surface area contributed by atoms with Crippen molar-refractivity contribution in [2.24, 2.45) is 5.10 Å². The summed E-state index contributed by atoms with van der Waals surface area (Å²) in [6.45, 7) is 0. The van der Waals surface area contributed by atoms with Gasteiger partial charge in [0.25, 0.3) is 0 Å². The average molecular weight is 403 g/mol. The number of rotatable bonds is 5. The van der Waals surface area contributed by atoms with E-state index in [1.165, 1.54) is 6.21 Å². The Bertz CT molecular complexity index is 949. The molecule has 0 saturated heterocycles. The van der Waals surface area contributed by atoms with Gasteiger partial charge in [-0.1, -0.05) is 15.9 Å². The number of hydrogen-bond donors (Lipinski definition) is 1. The van der Waals surface area contributed by atoms with Gasteiger partial charge < -0.3 is 13.9 Å². The molecule has 0 bridgehead atoms. The molecule has 1 aromatic heterocycles. The fraction of sp³-hybridized carbons (Fsp3) is 0.111. The summed E-state index contributed by atoms with van der Waals surface area (Å²) in [5, 5.41) is 4.79. The first-order chi connectivity index (χ1) is 12.1. The third kappa shape index (κ3) is 3.83. The molecule has 2 aromatic carbocycles. The zero-order valence-electron chi connectivity index (χ0n) is 13.6. The van der Waals surface area contributed by atoms with Crippen molar-refractivity contribution in [3.05, 3.63) is 58.3 Å². The van der Waals surface area contributed by atoms with Gasteiger partial charge >= 0.3 is 5.91 Å². The zero-order valence-corrected chi connectivity index (χ0v) is 15.2. The van der Waals surface area contributed by atoms with Crippen LogP contribution in [0.4, 0.5) is 0 Å². The Labute approximate surface area is 152 Å². The maximum absolute atomic E-state index is 12.2. The summed E-state index contributed by atoms with van der Waals surface area (Å²) >= 11 is 3.38. The maximum atomic E-state index is 12.2. The topological polar surface area (TPSA) is 73.1 Å². The summed E-state index contributed by atoms with van der Waals surface area (Å²) in [6, 6.07) is 12.5. The van der Waals surface area contributed by atoms with Crippen LogP contribution in [0.25, 0.3) is 11.0 Å². The lowest BCUT2D eigenvalue weighted by atomic mass is 10.2. The number of carbonyl (C=O) groups excluding carboxylic acids is 1. The zero-order chi connectivity index (χ0) is 17.8. The van der Waals surface area contributed by atoms with E-state index in [1.807, 2.05) is 12.1 Å². The van der Waals surface area contributed by atoms with E-state index in [0.717, 1.165) is 9.86 Å². The summed E-state index contributed by atoms with van der Waals surface area (Å²) in [5.41, 5.74) is 3.78. The van der Waals surface area contributed by atoms with E-state index in [9.17, 15) is 4.79 Å². The predicted octanol–water partition coefficient (Wildman–Crippen LogP) is 3.98. The van der Waals surface area contributed by atoms with Crippen molar-refractivity contribution in [1.29, 1.82) is 0 Å². The highest BCUT2D eigenvalue weighted by Crippen LogP contribution is 2.24. The molecular weight excluding hydrogens is 388 g/mol. The molecule has 0 aliphatic heterocycles. The number of carbonyl (C=O) groups is 1. The lowest BCUT2D eigenvalue weighted by Crippen LogP contribution is -2.16. The van der Waals surface area contributed by atoms with E-state index in [-0.39, 0.29) is 5.76 Å². The van der Waals surface area contributed by atoms with Crippen molar-refractivity contribution in [1.82, 2.24) is 5.43 Å². The Morgan fingerprint density at radius 2 is 2.00 bits per heavy atom. The molecule has 0 fully saturated rings. The molecule has 0 unspecified atom stereocenters. The number of halogens is 1. The van der Waals surface area contributed by atoms with Crippen molar-refractivity contribution < 1.29 is 18.7 Å². The van der Waals surface area contributed by atoms with E-state index in [1.54, 1.807) is 44.6 Å². The van der Waals surface area contributed by atoms with Crippen molar-refractivity contribution in [3.63, 3.8) is 0 Å². The molecule has 3 rings (SSSR count). The number of hydrazone groups is 1. The van der Waals surface area contributed by atoms with E-state index in [4.69, 9.17) is 13.9 Å².